The molecule has 4 nitrogen and oxygen atoms in total. The lowest BCUT2D eigenvalue weighted by molar-refractivity contribution is -0.142. The lowest BCUT2D eigenvalue weighted by Crippen LogP contribution is -2.27. The summed E-state index contributed by atoms with van der Waals surface area (Å²) in [5.41, 5.74) is 1.40. The zero-order chi connectivity index (χ0) is 14.1. The molecule has 1 aromatic rings. The van der Waals surface area contributed by atoms with Crippen molar-refractivity contribution in [3.63, 3.8) is 0 Å². The van der Waals surface area contributed by atoms with Crippen LogP contribution >= 0.6 is 0 Å². The number of esters is 1. The number of carbonyl (C=O) groups is 1. The average molecular weight is 256 g/mol. The predicted molar refractivity (Wildman–Crippen MR) is 73.5 cm³/mol. The lowest BCUT2D eigenvalue weighted by atomic mass is 10.2. The molecule has 4 heteroatoms. The molecule has 0 atom stereocenters. The van der Waals surface area contributed by atoms with E-state index in [9.17, 15) is 4.79 Å². The van der Waals surface area contributed by atoms with Crippen molar-refractivity contribution in [2.45, 2.75) is 13.3 Å². The fourth-order valence-corrected chi connectivity index (χ4v) is 1.64. The molecular formula is C15H16N2O2. The summed E-state index contributed by atoms with van der Waals surface area (Å²) in [4.78, 5) is 13.2. The van der Waals surface area contributed by atoms with Gasteiger partial charge in [-0.15, -0.1) is 6.42 Å². The first-order chi connectivity index (χ1) is 9.21. The van der Waals surface area contributed by atoms with E-state index in [0.717, 1.165) is 5.69 Å². The minimum Gasteiger partial charge on any atom is -0.466 e. The average Bonchev–Trinajstić information content (AvgIpc) is 2.44. The van der Waals surface area contributed by atoms with Gasteiger partial charge in [-0.2, -0.15) is 5.26 Å². The first-order valence-corrected chi connectivity index (χ1v) is 6.05. The highest BCUT2D eigenvalue weighted by Crippen LogP contribution is 2.16. The fourth-order valence-electron chi connectivity index (χ4n) is 1.64. The maximum Gasteiger partial charge on any atom is 0.307 e. The quantitative estimate of drug-likeness (QED) is 0.576. The summed E-state index contributed by atoms with van der Waals surface area (Å²) in [6.07, 6.45) is 5.60. The number of nitriles is 1. The van der Waals surface area contributed by atoms with Crippen LogP contribution in [-0.4, -0.2) is 25.7 Å². The third-order valence-corrected chi connectivity index (χ3v) is 2.51. The molecule has 0 fully saturated rings. The van der Waals surface area contributed by atoms with E-state index >= 15 is 0 Å². The van der Waals surface area contributed by atoms with Crippen LogP contribution in [0.15, 0.2) is 24.3 Å². The number of anilines is 1. The molecular weight excluding hydrogens is 240 g/mol. The van der Waals surface area contributed by atoms with Gasteiger partial charge in [-0.05, 0) is 25.1 Å². The van der Waals surface area contributed by atoms with Crippen LogP contribution in [-0.2, 0) is 9.53 Å². The Bertz CT molecular complexity index is 512. The molecule has 0 radical (unpaired) electrons. The highest BCUT2D eigenvalue weighted by molar-refractivity contribution is 5.70. The molecule has 0 heterocycles. The van der Waals surface area contributed by atoms with Gasteiger partial charge >= 0.3 is 5.97 Å². The molecule has 0 saturated heterocycles. The molecule has 0 amide bonds. The van der Waals surface area contributed by atoms with Gasteiger partial charge in [0.05, 0.1) is 31.2 Å². The Balaban J connectivity index is 2.74. The van der Waals surface area contributed by atoms with Gasteiger partial charge in [-0.1, -0.05) is 12.0 Å². The Labute approximate surface area is 113 Å². The van der Waals surface area contributed by atoms with Gasteiger partial charge in [-0.3, -0.25) is 4.79 Å². The third kappa shape index (κ3) is 4.73. The Kier molecular flexibility index (Phi) is 5.98. The minimum absolute atomic E-state index is 0.249. The van der Waals surface area contributed by atoms with Crippen LogP contribution in [0, 0.1) is 23.7 Å². The summed E-state index contributed by atoms with van der Waals surface area (Å²) in [5, 5.41) is 8.88. The second-order valence-electron chi connectivity index (χ2n) is 3.84. The maximum atomic E-state index is 11.4. The van der Waals surface area contributed by atoms with Crippen molar-refractivity contribution in [1.82, 2.24) is 0 Å². The van der Waals surface area contributed by atoms with E-state index in [-0.39, 0.29) is 12.4 Å². The molecule has 0 bridgehead atoms. The second kappa shape index (κ2) is 7.79. The van der Waals surface area contributed by atoms with Crippen molar-refractivity contribution in [3.8, 4) is 18.4 Å². The summed E-state index contributed by atoms with van der Waals surface area (Å²) in [6, 6.07) is 9.21. The molecule has 0 aliphatic rings. The fraction of sp³-hybridized carbons (Fsp3) is 0.333. The Hall–Kier alpha value is -2.46. The number of nitrogens with zero attached hydrogens (tertiary/aromatic N) is 2. The second-order valence-corrected chi connectivity index (χ2v) is 3.84. The largest absolute Gasteiger partial charge is 0.466 e. The van der Waals surface area contributed by atoms with Crippen LogP contribution in [0.2, 0.25) is 0 Å². The lowest BCUT2D eigenvalue weighted by Gasteiger charge is -2.22. The molecule has 0 aromatic heterocycles. The topological polar surface area (TPSA) is 53.3 Å². The minimum atomic E-state index is -0.249. The molecule has 19 heavy (non-hydrogen) atoms. The van der Waals surface area contributed by atoms with E-state index in [1.165, 1.54) is 0 Å². The Morgan fingerprint density at radius 1 is 1.53 bits per heavy atom. The molecule has 0 saturated carbocycles. The van der Waals surface area contributed by atoms with Crippen molar-refractivity contribution in [2.24, 2.45) is 0 Å². The molecule has 0 aliphatic heterocycles. The highest BCUT2D eigenvalue weighted by atomic mass is 16.5. The van der Waals surface area contributed by atoms with Gasteiger partial charge < -0.3 is 9.64 Å². The number of terminal acetylenes is 1. The molecule has 98 valence electrons. The van der Waals surface area contributed by atoms with Crippen LogP contribution in [0.1, 0.15) is 18.9 Å². The predicted octanol–water partition coefficient (Wildman–Crippen LogP) is 1.95. The molecule has 1 rings (SSSR count). The normalized spacial score (nSPS) is 9.21. The summed E-state index contributed by atoms with van der Waals surface area (Å²) < 4.78 is 4.88. The highest BCUT2D eigenvalue weighted by Gasteiger charge is 2.09. The first kappa shape index (κ1) is 14.6. The van der Waals surface area contributed by atoms with Gasteiger partial charge in [0.1, 0.15) is 0 Å². The van der Waals surface area contributed by atoms with Crippen molar-refractivity contribution >= 4 is 11.7 Å². The standard InChI is InChI=1S/C15H16N2O2/c1-3-9-17(10-8-15(18)19-4-2)14-7-5-6-13(11-14)12-16/h1,5-7,11H,4,8-10H2,2H3. The van der Waals surface area contributed by atoms with Crippen LogP contribution < -0.4 is 4.90 Å². The van der Waals surface area contributed by atoms with Crippen molar-refractivity contribution in [1.29, 1.82) is 5.26 Å². The zero-order valence-corrected chi connectivity index (χ0v) is 10.9. The molecule has 0 spiro atoms. The van der Waals surface area contributed by atoms with Crippen LogP contribution in [0.3, 0.4) is 0 Å². The SMILES string of the molecule is C#CCN(CCC(=O)OCC)c1cccc(C#N)c1. The molecule has 0 N–H and O–H groups in total. The third-order valence-electron chi connectivity index (χ3n) is 2.51. The van der Waals surface area contributed by atoms with Gasteiger partial charge in [-0.25, -0.2) is 0 Å². The van der Waals surface area contributed by atoms with E-state index < -0.39 is 0 Å². The van der Waals surface area contributed by atoms with Gasteiger partial charge in [0.25, 0.3) is 0 Å². The van der Waals surface area contributed by atoms with Crippen molar-refractivity contribution in [3.05, 3.63) is 29.8 Å². The number of rotatable bonds is 6. The van der Waals surface area contributed by atoms with E-state index in [4.69, 9.17) is 16.4 Å². The number of hydrogen-bond acceptors (Lipinski definition) is 4. The van der Waals surface area contributed by atoms with Gasteiger partial charge in [0, 0.05) is 12.2 Å². The number of hydrogen-bond donors (Lipinski definition) is 0. The Morgan fingerprint density at radius 2 is 2.32 bits per heavy atom. The summed E-state index contributed by atoms with van der Waals surface area (Å²) in [7, 11) is 0. The maximum absolute atomic E-state index is 11.4. The summed E-state index contributed by atoms with van der Waals surface area (Å²) >= 11 is 0. The first-order valence-electron chi connectivity index (χ1n) is 6.05. The van der Waals surface area contributed by atoms with Crippen LogP contribution in [0.5, 0.6) is 0 Å². The summed E-state index contributed by atoms with van der Waals surface area (Å²) in [6.45, 7) is 3.00. The number of carbonyl (C=O) groups excluding carboxylic acids is 1. The summed E-state index contributed by atoms with van der Waals surface area (Å²) in [5.74, 6) is 2.30. The van der Waals surface area contributed by atoms with Crippen molar-refractivity contribution in [2.75, 3.05) is 24.6 Å². The number of ether oxygens (including phenoxy) is 1. The van der Waals surface area contributed by atoms with Gasteiger partial charge in [0.2, 0.25) is 0 Å². The smallest absolute Gasteiger partial charge is 0.307 e. The van der Waals surface area contributed by atoms with Crippen molar-refractivity contribution < 1.29 is 9.53 Å². The van der Waals surface area contributed by atoms with E-state index in [1.807, 2.05) is 11.0 Å². The molecule has 0 aliphatic carbocycles. The van der Waals surface area contributed by atoms with E-state index in [1.54, 1.807) is 25.1 Å². The Morgan fingerprint density at radius 3 is 2.95 bits per heavy atom. The zero-order valence-electron chi connectivity index (χ0n) is 10.9. The van der Waals surface area contributed by atoms with E-state index in [0.29, 0.717) is 25.3 Å². The van der Waals surface area contributed by atoms with Crippen LogP contribution in [0.4, 0.5) is 5.69 Å². The monoisotopic (exact) mass is 256 g/mol. The molecule has 1 aromatic carbocycles. The number of benzene rings is 1. The van der Waals surface area contributed by atoms with E-state index in [2.05, 4.69) is 12.0 Å². The van der Waals surface area contributed by atoms with Gasteiger partial charge in [0.15, 0.2) is 0 Å². The molecule has 0 unspecified atom stereocenters. The van der Waals surface area contributed by atoms with Crippen LogP contribution in [0.25, 0.3) is 0 Å².